The molecule has 0 nitrogen and oxygen atoms in total. The first kappa shape index (κ1) is 28.5. The van der Waals surface area contributed by atoms with E-state index >= 15 is 0 Å². The molecule has 0 aromatic heterocycles. The maximum Gasteiger partial charge on any atom is -1.00 e. The van der Waals surface area contributed by atoms with Crippen LogP contribution in [0.5, 0.6) is 0 Å². The molecule has 0 N–H and O–H groups in total. The van der Waals surface area contributed by atoms with Gasteiger partial charge in [-0.1, -0.05) is 0 Å². The van der Waals surface area contributed by atoms with Gasteiger partial charge in [-0.25, -0.2) is 0 Å². The molecular weight excluding hydrogens is 686 g/mol. The van der Waals surface area contributed by atoms with Crippen LogP contribution in [-0.4, -0.2) is 5.49 Å². The van der Waals surface area contributed by atoms with Crippen LogP contribution in [0.4, 0.5) is 0 Å². The van der Waals surface area contributed by atoms with Gasteiger partial charge in [-0.15, -0.1) is 0 Å². The van der Waals surface area contributed by atoms with Crippen LogP contribution in [-0.2, 0) is 20.1 Å². The zero-order chi connectivity index (χ0) is 24.2. The van der Waals surface area contributed by atoms with Crippen LogP contribution in [0.2, 0.25) is 0 Å². The number of allylic oxidation sites excluding steroid dienone is 8. The zero-order valence-corrected chi connectivity index (χ0v) is 27.1. The van der Waals surface area contributed by atoms with Crippen molar-refractivity contribution in [3.05, 3.63) is 163 Å². The molecule has 0 saturated heterocycles. The number of halogens is 2. The molecule has 0 fully saturated rings. The van der Waals surface area contributed by atoms with Crippen LogP contribution in [0.15, 0.2) is 152 Å². The molecule has 0 bridgehead atoms. The molecule has 4 aromatic carbocycles. The molecule has 2 aliphatic rings. The van der Waals surface area contributed by atoms with Gasteiger partial charge in [0, 0.05) is 0 Å². The summed E-state index contributed by atoms with van der Waals surface area (Å²) in [5.74, 6) is 0. The maximum absolute atomic E-state index is 2.58. The van der Waals surface area contributed by atoms with E-state index in [0.29, 0.717) is 0 Å². The summed E-state index contributed by atoms with van der Waals surface area (Å²) in [6.45, 7) is 0. The second-order valence-corrected chi connectivity index (χ2v) is 28.0. The molecule has 4 heteroatoms. The van der Waals surface area contributed by atoms with Gasteiger partial charge in [-0.3, -0.25) is 0 Å². The molecule has 186 valence electrons. The normalized spacial score (nSPS) is 13.6. The van der Waals surface area contributed by atoms with Crippen LogP contribution in [0.1, 0.15) is 24.0 Å². The van der Waals surface area contributed by atoms with E-state index in [1.54, 1.807) is 17.0 Å². The Kier molecular flexibility index (Phi) is 10.2. The third kappa shape index (κ3) is 6.21. The van der Waals surface area contributed by atoms with E-state index in [4.69, 9.17) is 0 Å². The fraction of sp³-hybridized carbons (Fsp3) is 0.0588. The number of hydrogen-bond donors (Lipinski definition) is 0. The van der Waals surface area contributed by atoms with Crippen LogP contribution in [0, 0.1) is 0 Å². The van der Waals surface area contributed by atoms with E-state index in [1.807, 2.05) is 0 Å². The molecule has 0 heterocycles. The fourth-order valence-electron chi connectivity index (χ4n) is 5.26. The minimum Gasteiger partial charge on any atom is -1.00 e. The zero-order valence-electron chi connectivity index (χ0n) is 21.0. The Bertz CT molecular complexity index is 1420. The van der Waals surface area contributed by atoms with Crippen molar-refractivity contribution in [2.24, 2.45) is 0 Å². The SMILES string of the molecule is C1=C(c2ccccc2)C=[C]([Hf+2]([C]2=CC(c3ccccc3)=CC2)=[Si](c2ccccc2)c2ccccc2)C1.[Cl-].[Cl-]. The molecular formula is C34H28Cl2HfSi. The minimum absolute atomic E-state index is 0. The van der Waals surface area contributed by atoms with Crippen LogP contribution in [0.3, 0.4) is 0 Å². The predicted octanol–water partition coefficient (Wildman–Crippen LogP) is 1.16. The second kappa shape index (κ2) is 13.5. The van der Waals surface area contributed by atoms with Crippen molar-refractivity contribution < 1.29 is 44.9 Å². The van der Waals surface area contributed by atoms with Crippen molar-refractivity contribution in [1.82, 2.24) is 0 Å². The standard InChI is InChI=1S/C12H10Si.2C11H9.2ClH.Hf/c1-3-7-11(8-4-1)13-12-9-5-2-6-10-12;2*1-2-6-10(7-3-1)11-8-4-5-9-11;;;/h1-10H;2*1-3,6-9H,4H2;2*1H;/q;;;;;+2/p-2. The summed E-state index contributed by atoms with van der Waals surface area (Å²) < 4.78 is 3.52. The summed E-state index contributed by atoms with van der Waals surface area (Å²) in [7, 11) is 0. The average molecular weight is 714 g/mol. The monoisotopic (exact) mass is 714 g/mol. The van der Waals surface area contributed by atoms with Gasteiger partial charge in [0.15, 0.2) is 0 Å². The third-order valence-electron chi connectivity index (χ3n) is 6.97. The third-order valence-corrected chi connectivity index (χ3v) is 33.3. The molecule has 0 aliphatic heterocycles. The minimum atomic E-state index is -2.53. The molecule has 0 spiro atoms. The summed E-state index contributed by atoms with van der Waals surface area (Å²) >= 11 is -2.53. The first-order valence-electron chi connectivity index (χ1n) is 12.6. The van der Waals surface area contributed by atoms with Crippen molar-refractivity contribution >= 4 is 27.0 Å². The van der Waals surface area contributed by atoms with Gasteiger partial charge < -0.3 is 24.8 Å². The summed E-state index contributed by atoms with van der Waals surface area (Å²) in [6.07, 6.45) is 12.3. The van der Waals surface area contributed by atoms with Gasteiger partial charge >= 0.3 is 223 Å². The van der Waals surface area contributed by atoms with Crippen LogP contribution >= 0.6 is 0 Å². The van der Waals surface area contributed by atoms with Gasteiger partial charge in [0.2, 0.25) is 0 Å². The largest absolute Gasteiger partial charge is 1.00 e. The van der Waals surface area contributed by atoms with Crippen LogP contribution < -0.4 is 35.2 Å². The molecule has 0 saturated carbocycles. The molecule has 0 atom stereocenters. The van der Waals surface area contributed by atoms with E-state index < -0.39 is 25.6 Å². The van der Waals surface area contributed by atoms with E-state index in [-0.39, 0.29) is 24.8 Å². The summed E-state index contributed by atoms with van der Waals surface area (Å²) in [6, 6.07) is 44.7. The quantitative estimate of drug-likeness (QED) is 0.264. The predicted molar refractivity (Wildman–Crippen MR) is 152 cm³/mol. The summed E-state index contributed by atoms with van der Waals surface area (Å²) in [5, 5.41) is 3.14. The molecule has 2 aliphatic carbocycles. The first-order valence-corrected chi connectivity index (χ1v) is 23.1. The van der Waals surface area contributed by atoms with Crippen molar-refractivity contribution in [3.8, 4) is 0 Å². The Morgan fingerprint density at radius 2 is 0.789 bits per heavy atom. The topological polar surface area (TPSA) is 0 Å². The molecule has 4 aromatic rings. The van der Waals surface area contributed by atoms with Crippen molar-refractivity contribution in [2.45, 2.75) is 12.8 Å². The first-order chi connectivity index (χ1) is 17.9. The van der Waals surface area contributed by atoms with E-state index in [9.17, 15) is 0 Å². The average Bonchev–Trinajstić information content (AvgIpc) is 3.64. The number of benzene rings is 4. The van der Waals surface area contributed by atoms with Crippen LogP contribution in [0.25, 0.3) is 11.1 Å². The Morgan fingerprint density at radius 3 is 1.16 bits per heavy atom. The summed E-state index contributed by atoms with van der Waals surface area (Å²) in [4.78, 5) is 0. The van der Waals surface area contributed by atoms with Crippen molar-refractivity contribution in [1.29, 1.82) is 0 Å². The maximum atomic E-state index is 2.58. The molecule has 38 heavy (non-hydrogen) atoms. The number of rotatable bonds is 6. The Hall–Kier alpha value is -2.49. The van der Waals surface area contributed by atoms with Gasteiger partial charge in [0.1, 0.15) is 0 Å². The van der Waals surface area contributed by atoms with Gasteiger partial charge in [0.25, 0.3) is 0 Å². The Balaban J connectivity index is 0.00000168. The van der Waals surface area contributed by atoms with Gasteiger partial charge in [0.05, 0.1) is 0 Å². The Labute approximate surface area is 246 Å². The molecule has 0 amide bonds. The van der Waals surface area contributed by atoms with Gasteiger partial charge in [-0.05, 0) is 0 Å². The molecule has 6 rings (SSSR count). The molecule has 0 unspecified atom stereocenters. The second-order valence-electron chi connectivity index (χ2n) is 9.28. The van der Waals surface area contributed by atoms with Gasteiger partial charge in [-0.2, -0.15) is 0 Å². The smallest absolute Gasteiger partial charge is 1.00 e. The van der Waals surface area contributed by atoms with Crippen molar-refractivity contribution in [3.63, 3.8) is 0 Å². The Morgan fingerprint density at radius 1 is 0.447 bits per heavy atom. The van der Waals surface area contributed by atoms with E-state index in [1.165, 1.54) is 22.3 Å². The molecule has 0 radical (unpaired) electrons. The van der Waals surface area contributed by atoms with E-state index in [2.05, 4.69) is 146 Å². The van der Waals surface area contributed by atoms with E-state index in [0.717, 1.165) is 12.8 Å². The summed E-state index contributed by atoms with van der Waals surface area (Å²) in [5.41, 5.74) is 4.60. The number of hydrogen-bond acceptors (Lipinski definition) is 0. The van der Waals surface area contributed by atoms with Crippen molar-refractivity contribution in [2.75, 3.05) is 0 Å². The fourth-order valence-corrected chi connectivity index (χ4v) is 33.3.